The van der Waals surface area contributed by atoms with E-state index in [2.05, 4.69) is 10.9 Å². The molecule has 1 aliphatic rings. The van der Waals surface area contributed by atoms with E-state index < -0.39 is 30.6 Å². The predicted octanol–water partition coefficient (Wildman–Crippen LogP) is 3.34. The van der Waals surface area contributed by atoms with Crippen LogP contribution in [0.5, 0.6) is 11.5 Å². The number of hydrogen-bond donors (Lipinski definition) is 0. The topological polar surface area (TPSA) is 72.0 Å². The van der Waals surface area contributed by atoms with Gasteiger partial charge in [-0.15, -0.1) is 17.8 Å². The number of likely N-dealkylation sites (tertiary alicyclic amines) is 1. The molecule has 1 aromatic carbocycles. The van der Waals surface area contributed by atoms with E-state index >= 15 is 0 Å². The Kier molecular flexibility index (Phi) is 6.93. The number of carbonyl (C=O) groups excluding carboxylic acids is 2. The maximum atomic E-state index is 13.4. The summed E-state index contributed by atoms with van der Waals surface area (Å²) in [7, 11) is 2.88. The molecule has 0 aliphatic carbocycles. The summed E-state index contributed by atoms with van der Waals surface area (Å²) in [6.45, 7) is -1.67. The van der Waals surface area contributed by atoms with Crippen molar-refractivity contribution < 1.29 is 32.2 Å². The molecule has 0 spiro atoms. The van der Waals surface area contributed by atoms with Crippen LogP contribution in [0.4, 0.5) is 18.9 Å². The van der Waals surface area contributed by atoms with Crippen LogP contribution >= 0.6 is 11.3 Å². The number of amides is 2. The fourth-order valence-corrected chi connectivity index (χ4v) is 4.06. The van der Waals surface area contributed by atoms with E-state index in [-0.39, 0.29) is 25.1 Å². The number of carbonyl (C=O) groups is 2. The first-order chi connectivity index (χ1) is 15.1. The third-order valence-electron chi connectivity index (χ3n) is 4.89. The number of aromatic nitrogens is 1. The number of halogens is 3. The van der Waals surface area contributed by atoms with Gasteiger partial charge in [0.1, 0.15) is 23.7 Å². The number of piperidine rings is 1. The van der Waals surface area contributed by atoms with Gasteiger partial charge in [0.2, 0.25) is 5.91 Å². The lowest BCUT2D eigenvalue weighted by atomic mass is 10.0. The van der Waals surface area contributed by atoms with Gasteiger partial charge in [-0.3, -0.25) is 9.59 Å². The largest absolute Gasteiger partial charge is 0.497 e. The molecule has 2 aromatic rings. The fourth-order valence-electron chi connectivity index (χ4n) is 3.46. The first-order valence-electron chi connectivity index (χ1n) is 9.48. The summed E-state index contributed by atoms with van der Waals surface area (Å²) in [5.74, 6) is 1.96. The second-order valence-corrected chi connectivity index (χ2v) is 7.87. The van der Waals surface area contributed by atoms with E-state index in [1.807, 2.05) is 0 Å². The Hall–Kier alpha value is -3.26. The Morgan fingerprint density at radius 3 is 2.50 bits per heavy atom. The van der Waals surface area contributed by atoms with Gasteiger partial charge in [-0.25, -0.2) is 4.98 Å². The number of terminal acetylenes is 1. The lowest BCUT2D eigenvalue weighted by molar-refractivity contribution is -0.163. The first-order valence-corrected chi connectivity index (χ1v) is 10.4. The van der Waals surface area contributed by atoms with E-state index in [9.17, 15) is 22.8 Å². The summed E-state index contributed by atoms with van der Waals surface area (Å²) < 4.78 is 49.5. The maximum Gasteiger partial charge on any atom is 0.406 e. The van der Waals surface area contributed by atoms with Crippen LogP contribution in [-0.2, 0) is 4.79 Å². The lowest BCUT2D eigenvalue weighted by Crippen LogP contribution is -2.54. The summed E-state index contributed by atoms with van der Waals surface area (Å²) in [5, 5.41) is 1.79. The summed E-state index contributed by atoms with van der Waals surface area (Å²) in [5.41, 5.74) is 0.400. The molecule has 1 saturated heterocycles. The van der Waals surface area contributed by atoms with Crippen LogP contribution in [0.15, 0.2) is 23.6 Å². The molecule has 11 heteroatoms. The number of alkyl halides is 3. The van der Waals surface area contributed by atoms with E-state index in [4.69, 9.17) is 15.9 Å². The standard InChI is InChI=1S/C21H20F3N3O4S/c1-4-18-25-17(11-32-18)20(29)27(14-7-15(30-2)9-16(8-14)31-3)13-5-6-19(28)26(10-13)12-21(22,23)24/h1,7-9,11,13H,5-6,10,12H2,2-3H3/t13-/m0/s1. The molecule has 7 nitrogen and oxygen atoms in total. The Morgan fingerprint density at radius 2 is 1.97 bits per heavy atom. The summed E-state index contributed by atoms with van der Waals surface area (Å²) >= 11 is 1.10. The Bertz CT molecular complexity index is 1030. The summed E-state index contributed by atoms with van der Waals surface area (Å²) in [6.07, 6.45) is 0.856. The minimum absolute atomic E-state index is 0.0593. The van der Waals surface area contributed by atoms with Crippen molar-refractivity contribution in [2.45, 2.75) is 25.1 Å². The van der Waals surface area contributed by atoms with E-state index in [1.165, 1.54) is 24.5 Å². The van der Waals surface area contributed by atoms with Crippen molar-refractivity contribution in [3.05, 3.63) is 34.3 Å². The van der Waals surface area contributed by atoms with Gasteiger partial charge >= 0.3 is 6.18 Å². The summed E-state index contributed by atoms with van der Waals surface area (Å²) in [4.78, 5) is 31.7. The molecule has 1 aromatic heterocycles. The van der Waals surface area contributed by atoms with Crippen LogP contribution in [0.25, 0.3) is 0 Å². The third-order valence-corrected chi connectivity index (χ3v) is 5.66. The van der Waals surface area contributed by atoms with Gasteiger partial charge in [-0.2, -0.15) is 13.2 Å². The SMILES string of the molecule is C#Cc1nc(C(=O)N(c2cc(OC)cc(OC)c2)[C@H]2CCC(=O)N(CC(F)(F)F)C2)cs1. The van der Waals surface area contributed by atoms with Crippen molar-refractivity contribution in [1.29, 1.82) is 0 Å². The van der Waals surface area contributed by atoms with Crippen LogP contribution in [0.3, 0.4) is 0 Å². The average molecular weight is 467 g/mol. The van der Waals surface area contributed by atoms with E-state index in [0.717, 1.165) is 16.2 Å². The van der Waals surface area contributed by atoms with Crippen molar-refractivity contribution in [2.75, 3.05) is 32.2 Å². The zero-order valence-electron chi connectivity index (χ0n) is 17.3. The van der Waals surface area contributed by atoms with E-state index in [1.54, 1.807) is 18.2 Å². The van der Waals surface area contributed by atoms with Crippen molar-refractivity contribution in [3.63, 3.8) is 0 Å². The molecule has 170 valence electrons. The zero-order chi connectivity index (χ0) is 23.5. The maximum absolute atomic E-state index is 13.4. The van der Waals surface area contributed by atoms with Crippen molar-refractivity contribution >= 4 is 28.8 Å². The third kappa shape index (κ3) is 5.31. The van der Waals surface area contributed by atoms with Crippen LogP contribution in [-0.4, -0.2) is 61.2 Å². The average Bonchev–Trinajstić information content (AvgIpc) is 3.24. The van der Waals surface area contributed by atoms with Gasteiger partial charge in [0.05, 0.1) is 25.9 Å². The van der Waals surface area contributed by atoms with Crippen LogP contribution in [0, 0.1) is 12.3 Å². The molecule has 3 rings (SSSR count). The highest BCUT2D eigenvalue weighted by Crippen LogP contribution is 2.33. The highest BCUT2D eigenvalue weighted by atomic mass is 32.1. The molecule has 0 saturated carbocycles. The number of thiazole rings is 1. The molecule has 2 heterocycles. The van der Waals surface area contributed by atoms with Gasteiger partial charge in [-0.1, -0.05) is 0 Å². The zero-order valence-corrected chi connectivity index (χ0v) is 18.1. The molecule has 0 bridgehead atoms. The van der Waals surface area contributed by atoms with Gasteiger partial charge < -0.3 is 19.3 Å². The smallest absolute Gasteiger partial charge is 0.406 e. The molecular weight excluding hydrogens is 447 g/mol. The summed E-state index contributed by atoms with van der Waals surface area (Å²) in [6, 6.07) is 4.01. The van der Waals surface area contributed by atoms with Gasteiger partial charge in [0.15, 0.2) is 5.01 Å². The fraction of sp³-hybridized carbons (Fsp3) is 0.381. The van der Waals surface area contributed by atoms with Crippen molar-refractivity contribution in [3.8, 4) is 23.8 Å². The first kappa shape index (κ1) is 23.4. The second kappa shape index (κ2) is 9.48. The molecule has 0 N–H and O–H groups in total. The monoisotopic (exact) mass is 467 g/mol. The molecule has 1 aliphatic heterocycles. The van der Waals surface area contributed by atoms with Gasteiger partial charge in [0.25, 0.3) is 5.91 Å². The normalized spacial score (nSPS) is 16.4. The number of rotatable bonds is 6. The predicted molar refractivity (Wildman–Crippen MR) is 112 cm³/mol. The van der Waals surface area contributed by atoms with Crippen LogP contribution < -0.4 is 14.4 Å². The van der Waals surface area contributed by atoms with Crippen molar-refractivity contribution in [1.82, 2.24) is 9.88 Å². The highest BCUT2D eigenvalue weighted by Gasteiger charge is 2.39. The Balaban J connectivity index is 2.03. The minimum Gasteiger partial charge on any atom is -0.497 e. The van der Waals surface area contributed by atoms with Crippen LogP contribution in [0.1, 0.15) is 28.3 Å². The molecule has 0 radical (unpaired) electrons. The van der Waals surface area contributed by atoms with Gasteiger partial charge in [-0.05, 0) is 12.3 Å². The highest BCUT2D eigenvalue weighted by molar-refractivity contribution is 7.10. The number of nitrogens with zero attached hydrogens (tertiary/aromatic N) is 3. The number of methoxy groups -OCH3 is 2. The molecule has 1 fully saturated rings. The number of anilines is 1. The minimum atomic E-state index is -4.55. The molecule has 0 unspecified atom stereocenters. The van der Waals surface area contributed by atoms with Crippen LogP contribution in [0.2, 0.25) is 0 Å². The molecular formula is C21H20F3N3O4S. The molecule has 32 heavy (non-hydrogen) atoms. The molecule has 2 amide bonds. The number of ether oxygens (including phenoxy) is 2. The lowest BCUT2D eigenvalue weighted by Gasteiger charge is -2.39. The van der Waals surface area contributed by atoms with E-state index in [0.29, 0.717) is 22.2 Å². The van der Waals surface area contributed by atoms with Crippen molar-refractivity contribution in [2.24, 2.45) is 0 Å². The quantitative estimate of drug-likeness (QED) is 0.610. The number of hydrogen-bond acceptors (Lipinski definition) is 6. The molecule has 1 atom stereocenters. The second-order valence-electron chi connectivity index (χ2n) is 7.01. The van der Waals surface area contributed by atoms with Gasteiger partial charge in [0, 0.05) is 36.5 Å². The Morgan fingerprint density at radius 1 is 1.31 bits per heavy atom. The number of benzene rings is 1. The Labute approximate surface area is 186 Å².